The van der Waals surface area contributed by atoms with Crippen molar-refractivity contribution in [1.82, 2.24) is 4.72 Å². The van der Waals surface area contributed by atoms with Crippen LogP contribution in [0.15, 0.2) is 30.3 Å². The van der Waals surface area contributed by atoms with Gasteiger partial charge in [0.1, 0.15) is 0 Å². The molecule has 0 amide bonds. The summed E-state index contributed by atoms with van der Waals surface area (Å²) in [5.74, 6) is 0. The first-order chi connectivity index (χ1) is 10.8. The zero-order valence-corrected chi connectivity index (χ0v) is 16.9. The minimum absolute atomic E-state index is 0.389. The summed E-state index contributed by atoms with van der Waals surface area (Å²) in [7, 11) is -1.81. The molecule has 1 fully saturated rings. The molecule has 0 aliphatic carbocycles. The summed E-state index contributed by atoms with van der Waals surface area (Å²) in [6, 6.07) is 9.94. The van der Waals surface area contributed by atoms with E-state index in [-0.39, 0.29) is 4.75 Å². The van der Waals surface area contributed by atoms with Gasteiger partial charge in [0.05, 0.1) is 32.4 Å². The minimum Gasteiger partial charge on any atom is -0.402 e. The molecule has 2 atom stereocenters. The molecule has 4 nitrogen and oxygen atoms in total. The van der Waals surface area contributed by atoms with Gasteiger partial charge in [-0.3, -0.25) is 0 Å². The van der Waals surface area contributed by atoms with Gasteiger partial charge in [0, 0.05) is 0 Å². The summed E-state index contributed by atoms with van der Waals surface area (Å²) in [5.41, 5.74) is -0.636. The van der Waals surface area contributed by atoms with Crippen molar-refractivity contribution < 1.29 is 13.5 Å². The second kappa shape index (κ2) is 6.24. The maximum absolute atomic E-state index is 12.8. The Kier molecular flexibility index (Phi) is 5.10. The van der Waals surface area contributed by atoms with Gasteiger partial charge in [0.2, 0.25) is 0 Å². The lowest BCUT2D eigenvalue weighted by Crippen LogP contribution is -2.56. The van der Waals surface area contributed by atoms with Crippen molar-refractivity contribution >= 4 is 18.1 Å². The molecule has 1 aliphatic heterocycles. The van der Waals surface area contributed by atoms with E-state index in [2.05, 4.69) is 4.72 Å². The van der Waals surface area contributed by atoms with Crippen LogP contribution in [0, 0.1) is 0 Å². The molecule has 6 heteroatoms. The first kappa shape index (κ1) is 19.6. The van der Waals surface area contributed by atoms with Gasteiger partial charge in [-0.25, -0.2) is 8.93 Å². The van der Waals surface area contributed by atoms with Crippen LogP contribution in [-0.4, -0.2) is 27.3 Å². The highest BCUT2D eigenvalue weighted by Gasteiger charge is 2.59. The molecule has 1 aromatic rings. The molecule has 0 aromatic heterocycles. The Morgan fingerprint density at radius 3 is 1.83 bits per heavy atom. The average molecular weight is 351 g/mol. The van der Waals surface area contributed by atoms with Gasteiger partial charge in [0.15, 0.2) is 0 Å². The third-order valence-electron chi connectivity index (χ3n) is 4.96. The number of benzene rings is 1. The quantitative estimate of drug-likeness (QED) is 0.844. The Morgan fingerprint density at radius 1 is 0.958 bits per heavy atom. The molecule has 1 aromatic carbocycles. The maximum Gasteiger partial charge on any atom is 0.484 e. The fraction of sp³-hybridized carbons (Fsp3) is 0.667. The van der Waals surface area contributed by atoms with Gasteiger partial charge < -0.3 is 9.31 Å². The predicted molar refractivity (Wildman–Crippen MR) is 101 cm³/mol. The number of rotatable bonds is 4. The van der Waals surface area contributed by atoms with Crippen molar-refractivity contribution in [2.24, 2.45) is 0 Å². The van der Waals surface area contributed by atoms with Crippen molar-refractivity contribution in [3.63, 3.8) is 0 Å². The van der Waals surface area contributed by atoms with E-state index in [0.29, 0.717) is 0 Å². The number of nitrogens with one attached hydrogen (secondary N) is 1. The number of hydrogen-bond acceptors (Lipinski definition) is 3. The van der Waals surface area contributed by atoms with Crippen molar-refractivity contribution in [2.75, 3.05) is 0 Å². The highest BCUT2D eigenvalue weighted by atomic mass is 32.2. The van der Waals surface area contributed by atoms with E-state index in [1.165, 1.54) is 0 Å². The Hall–Kier alpha value is -0.685. The smallest absolute Gasteiger partial charge is 0.402 e. The summed E-state index contributed by atoms with van der Waals surface area (Å²) in [5, 5.41) is 0. The molecule has 1 heterocycles. The zero-order chi connectivity index (χ0) is 18.4. The Morgan fingerprint density at radius 2 is 1.42 bits per heavy atom. The monoisotopic (exact) mass is 351 g/mol. The summed E-state index contributed by atoms with van der Waals surface area (Å²) in [4.78, 5) is 0. The third-order valence-corrected chi connectivity index (χ3v) is 6.68. The van der Waals surface area contributed by atoms with Gasteiger partial charge in [-0.05, 0) is 61.0 Å². The van der Waals surface area contributed by atoms with Crippen LogP contribution in [-0.2, 0) is 25.7 Å². The molecule has 0 radical (unpaired) electrons. The summed E-state index contributed by atoms with van der Waals surface area (Å²) in [6.07, 6.45) is 0. The molecular formula is C18H30BNO3S. The van der Waals surface area contributed by atoms with E-state index in [4.69, 9.17) is 9.31 Å². The normalized spacial score (nSPS) is 23.8. The summed E-state index contributed by atoms with van der Waals surface area (Å²) >= 11 is 0. The molecule has 134 valence electrons. The minimum atomic E-state index is -1.26. The van der Waals surface area contributed by atoms with Crippen molar-refractivity contribution in [1.29, 1.82) is 0 Å². The van der Waals surface area contributed by atoms with Crippen LogP contribution >= 0.6 is 0 Å². The molecule has 0 bridgehead atoms. The van der Waals surface area contributed by atoms with E-state index in [9.17, 15) is 4.21 Å². The van der Waals surface area contributed by atoms with Crippen LogP contribution < -0.4 is 4.72 Å². The molecule has 1 aliphatic rings. The van der Waals surface area contributed by atoms with Crippen LogP contribution in [0.3, 0.4) is 0 Å². The number of hydrogen-bond donors (Lipinski definition) is 1. The summed E-state index contributed by atoms with van der Waals surface area (Å²) in [6.45, 7) is 16.0. The van der Waals surface area contributed by atoms with Crippen molar-refractivity contribution in [3.8, 4) is 0 Å². The Labute approximate surface area is 149 Å². The molecule has 1 N–H and O–H groups in total. The molecule has 0 unspecified atom stereocenters. The highest BCUT2D eigenvalue weighted by Crippen LogP contribution is 2.42. The molecule has 0 saturated carbocycles. The second-order valence-electron chi connectivity index (χ2n) is 8.64. The van der Waals surface area contributed by atoms with Crippen LogP contribution in [0.2, 0.25) is 0 Å². The van der Waals surface area contributed by atoms with Crippen LogP contribution in [0.4, 0.5) is 0 Å². The van der Waals surface area contributed by atoms with Gasteiger partial charge in [-0.15, -0.1) is 0 Å². The van der Waals surface area contributed by atoms with Gasteiger partial charge in [-0.1, -0.05) is 30.3 Å². The van der Waals surface area contributed by atoms with Crippen molar-refractivity contribution in [2.45, 2.75) is 76.8 Å². The largest absolute Gasteiger partial charge is 0.484 e. The predicted octanol–water partition coefficient (Wildman–Crippen LogP) is 3.59. The second-order valence-corrected chi connectivity index (χ2v) is 10.6. The zero-order valence-electron chi connectivity index (χ0n) is 16.1. The molecule has 24 heavy (non-hydrogen) atoms. The topological polar surface area (TPSA) is 47.6 Å². The van der Waals surface area contributed by atoms with Gasteiger partial charge in [-0.2, -0.15) is 0 Å². The molecule has 0 spiro atoms. The maximum atomic E-state index is 12.8. The fourth-order valence-corrected chi connectivity index (χ4v) is 3.36. The third kappa shape index (κ3) is 3.62. The summed E-state index contributed by atoms with van der Waals surface area (Å²) < 4.78 is 28.3. The van der Waals surface area contributed by atoms with Gasteiger partial charge in [0.25, 0.3) is 0 Å². The standard InChI is InChI=1S/C18H30BNO3S/c1-15(2,3)24(21)20-18(8,14-12-10-9-11-13-14)19-22-16(4,5)17(6,7)23-19/h9-13,20H,1-8H3/t18-,24+/m0/s1. The van der Waals surface area contributed by atoms with E-state index in [0.717, 1.165) is 5.56 Å². The molecule has 1 saturated heterocycles. The van der Waals surface area contributed by atoms with Crippen LogP contribution in [0.25, 0.3) is 0 Å². The van der Waals surface area contributed by atoms with E-state index in [1.807, 2.05) is 85.7 Å². The molecular weight excluding hydrogens is 321 g/mol. The van der Waals surface area contributed by atoms with E-state index >= 15 is 0 Å². The first-order valence-electron chi connectivity index (χ1n) is 8.40. The Balaban J connectivity index is 2.44. The lowest BCUT2D eigenvalue weighted by Gasteiger charge is -2.35. The van der Waals surface area contributed by atoms with Gasteiger partial charge >= 0.3 is 7.12 Å². The van der Waals surface area contributed by atoms with Crippen LogP contribution in [0.1, 0.15) is 61.0 Å². The Bertz CT molecular complexity index is 596. The van der Waals surface area contributed by atoms with E-state index in [1.54, 1.807) is 0 Å². The van der Waals surface area contributed by atoms with Crippen molar-refractivity contribution in [3.05, 3.63) is 35.9 Å². The lowest BCUT2D eigenvalue weighted by molar-refractivity contribution is 0.00578. The lowest BCUT2D eigenvalue weighted by atomic mass is 9.62. The molecule has 2 rings (SSSR count). The first-order valence-corrected chi connectivity index (χ1v) is 9.55. The SMILES string of the molecule is CC(C)(C)[S@@](=O)N[C@](C)(B1OC(C)(C)C(C)(C)O1)c1ccccc1. The van der Waals surface area contributed by atoms with E-state index < -0.39 is 34.7 Å². The average Bonchev–Trinajstić information content (AvgIpc) is 2.67. The van der Waals surface area contributed by atoms with Crippen LogP contribution in [0.5, 0.6) is 0 Å². The fourth-order valence-electron chi connectivity index (χ4n) is 2.45. The highest BCUT2D eigenvalue weighted by molar-refractivity contribution is 7.84.